The van der Waals surface area contributed by atoms with Gasteiger partial charge < -0.3 is 10.1 Å². The van der Waals surface area contributed by atoms with Gasteiger partial charge in [0.15, 0.2) is 11.6 Å². The Bertz CT molecular complexity index is 1220. The van der Waals surface area contributed by atoms with Gasteiger partial charge in [-0.15, -0.1) is 0 Å². The van der Waals surface area contributed by atoms with Crippen LogP contribution in [0.2, 0.25) is 0 Å². The van der Waals surface area contributed by atoms with Crippen molar-refractivity contribution in [2.24, 2.45) is 44.8 Å². The molecule has 6 heteroatoms. The maximum atomic E-state index is 14.4. The van der Waals surface area contributed by atoms with Crippen LogP contribution in [0, 0.1) is 56.2 Å². The maximum Gasteiger partial charge on any atom is 0.407 e. The van der Waals surface area contributed by atoms with Crippen molar-refractivity contribution >= 4 is 17.7 Å². The normalized spacial score (nSPS) is 44.7. The topological polar surface area (TPSA) is 96.3 Å². The van der Waals surface area contributed by atoms with E-state index >= 15 is 0 Å². The highest BCUT2D eigenvalue weighted by Gasteiger charge is 2.70. The number of alkyl carbamates (subject to hydrolysis) is 1. The minimum Gasteiger partial charge on any atom is -0.453 e. The predicted octanol–water partition coefficient (Wildman–Crippen LogP) is 6.31. The van der Waals surface area contributed by atoms with E-state index in [1.165, 1.54) is 7.11 Å². The van der Waals surface area contributed by atoms with Gasteiger partial charge in [0, 0.05) is 22.3 Å². The van der Waals surface area contributed by atoms with Gasteiger partial charge >= 0.3 is 6.09 Å². The molecule has 0 unspecified atom stereocenters. The summed E-state index contributed by atoms with van der Waals surface area (Å²) in [6.45, 7) is 15.3. The van der Waals surface area contributed by atoms with Crippen LogP contribution < -0.4 is 5.32 Å². The monoisotopic (exact) mass is 520 g/mol. The molecule has 38 heavy (non-hydrogen) atoms. The Morgan fingerprint density at radius 1 is 1.03 bits per heavy atom. The van der Waals surface area contributed by atoms with Crippen LogP contribution in [0.3, 0.4) is 0 Å². The first-order chi connectivity index (χ1) is 17.5. The number of nitrogens with one attached hydrogen (secondary N) is 1. The second kappa shape index (κ2) is 8.05. The van der Waals surface area contributed by atoms with Crippen LogP contribution in [-0.4, -0.2) is 30.3 Å². The first kappa shape index (κ1) is 27.2. The van der Waals surface area contributed by atoms with E-state index in [4.69, 9.17) is 4.74 Å². The largest absolute Gasteiger partial charge is 0.453 e. The highest BCUT2D eigenvalue weighted by molar-refractivity contribution is 6.04. The lowest BCUT2D eigenvalue weighted by atomic mass is 9.35. The van der Waals surface area contributed by atoms with Crippen molar-refractivity contribution < 1.29 is 19.1 Å². The Hall–Kier alpha value is -2.42. The van der Waals surface area contributed by atoms with E-state index in [1.54, 1.807) is 0 Å². The van der Waals surface area contributed by atoms with Crippen LogP contribution in [0.5, 0.6) is 0 Å². The molecule has 6 nitrogen and oxygen atoms in total. The molecule has 5 rings (SSSR count). The molecule has 5 aliphatic rings. The van der Waals surface area contributed by atoms with Crippen molar-refractivity contribution in [2.75, 3.05) is 7.11 Å². The van der Waals surface area contributed by atoms with Crippen LogP contribution in [0.25, 0.3) is 0 Å². The van der Waals surface area contributed by atoms with Crippen LogP contribution in [0.1, 0.15) is 93.4 Å². The molecule has 0 aromatic heterocycles. The molecule has 206 valence electrons. The van der Waals surface area contributed by atoms with E-state index in [9.17, 15) is 19.6 Å². The van der Waals surface area contributed by atoms with Crippen molar-refractivity contribution in [3.05, 3.63) is 23.3 Å². The van der Waals surface area contributed by atoms with E-state index < -0.39 is 22.5 Å². The number of fused-ring (bicyclic) bond motifs is 7. The lowest BCUT2D eigenvalue weighted by Crippen LogP contribution is -2.69. The summed E-state index contributed by atoms with van der Waals surface area (Å²) in [5.74, 6) is -0.101. The van der Waals surface area contributed by atoms with Crippen LogP contribution >= 0.6 is 0 Å². The third-order valence-corrected chi connectivity index (χ3v) is 12.4. The Morgan fingerprint density at radius 2 is 1.68 bits per heavy atom. The minimum absolute atomic E-state index is 0.0198. The Kier molecular flexibility index (Phi) is 5.76. The number of rotatable bonds is 1. The van der Waals surface area contributed by atoms with Gasteiger partial charge in [-0.25, -0.2) is 4.79 Å². The van der Waals surface area contributed by atoms with Gasteiger partial charge in [-0.05, 0) is 79.1 Å². The third-order valence-electron chi connectivity index (χ3n) is 12.4. The highest BCUT2D eigenvalue weighted by atomic mass is 16.5. The lowest BCUT2D eigenvalue weighted by molar-refractivity contribution is -0.160. The Balaban J connectivity index is 1.68. The zero-order valence-electron chi connectivity index (χ0n) is 24.4. The fraction of sp³-hybridized carbons (Fsp3) is 0.750. The molecule has 5 aliphatic carbocycles. The first-order valence-corrected chi connectivity index (χ1v) is 14.3. The van der Waals surface area contributed by atoms with Crippen molar-refractivity contribution in [3.63, 3.8) is 0 Å². The van der Waals surface area contributed by atoms with Gasteiger partial charge in [-0.1, -0.05) is 60.1 Å². The Labute approximate surface area is 227 Å². The summed E-state index contributed by atoms with van der Waals surface area (Å²) in [6, 6.07) is 2.17. The van der Waals surface area contributed by atoms with Crippen molar-refractivity contribution in [1.82, 2.24) is 5.32 Å². The highest BCUT2D eigenvalue weighted by Crippen LogP contribution is 2.73. The molecular formula is C32H44N2O4. The molecule has 0 aromatic rings. The van der Waals surface area contributed by atoms with Crippen LogP contribution in [-0.2, 0) is 14.3 Å². The fourth-order valence-corrected chi connectivity index (χ4v) is 10.1. The molecule has 3 fully saturated rings. The summed E-state index contributed by atoms with van der Waals surface area (Å²) in [5.41, 5.74) is -0.812. The summed E-state index contributed by atoms with van der Waals surface area (Å²) in [7, 11) is 1.40. The second-order valence-corrected chi connectivity index (χ2v) is 15.0. The molecule has 0 saturated heterocycles. The number of carbonyl (C=O) groups is 3. The van der Waals surface area contributed by atoms with Gasteiger partial charge in [0.25, 0.3) is 0 Å². The van der Waals surface area contributed by atoms with E-state index in [1.807, 2.05) is 26.0 Å². The fourth-order valence-electron chi connectivity index (χ4n) is 10.1. The zero-order valence-corrected chi connectivity index (χ0v) is 24.4. The molecule has 1 amide bonds. The third kappa shape index (κ3) is 3.32. The number of ketones is 2. The minimum atomic E-state index is -0.670. The van der Waals surface area contributed by atoms with Gasteiger partial charge in [-0.3, -0.25) is 9.59 Å². The number of carbonyl (C=O) groups excluding carboxylic acids is 3. The molecule has 0 radical (unpaired) electrons. The second-order valence-electron chi connectivity index (χ2n) is 15.0. The number of hydrogen-bond donors (Lipinski definition) is 1. The SMILES string of the molecule is COC(=O)N[C@]12CCC(C)(C)C[C@H]1[C@H]1C(=O)C=C3[C@@]4(C)C=C(C#N)C(=O)C(C)(C)[C@@H]4CC[C@@]3(C)[C@]1(C)CC2. The van der Waals surface area contributed by atoms with Gasteiger partial charge in [0.05, 0.1) is 12.7 Å². The number of methoxy groups -OCH3 is 1. The van der Waals surface area contributed by atoms with Crippen LogP contribution in [0.4, 0.5) is 4.79 Å². The number of ether oxygens (including phenoxy) is 1. The number of Topliss-reactive ketones (excluding diaryl/α,β-unsaturated/α-hetero) is 1. The number of nitriles is 1. The molecule has 3 saturated carbocycles. The molecule has 0 aromatic carbocycles. The molecule has 0 spiro atoms. The van der Waals surface area contributed by atoms with E-state index in [0.29, 0.717) is 0 Å². The number of amides is 1. The van der Waals surface area contributed by atoms with Crippen LogP contribution in [0.15, 0.2) is 23.3 Å². The van der Waals surface area contributed by atoms with Gasteiger partial charge in [-0.2, -0.15) is 5.26 Å². The molecule has 0 heterocycles. The average Bonchev–Trinajstić information content (AvgIpc) is 2.83. The summed E-state index contributed by atoms with van der Waals surface area (Å²) in [5, 5.41) is 13.1. The molecule has 1 N–H and O–H groups in total. The summed E-state index contributed by atoms with van der Waals surface area (Å²) < 4.78 is 5.06. The molecule has 0 bridgehead atoms. The molecule has 7 atom stereocenters. The predicted molar refractivity (Wildman–Crippen MR) is 145 cm³/mol. The molecular weight excluding hydrogens is 476 g/mol. The smallest absolute Gasteiger partial charge is 0.407 e. The van der Waals surface area contributed by atoms with Crippen molar-refractivity contribution in [3.8, 4) is 6.07 Å². The number of nitrogens with zero attached hydrogens (tertiary/aromatic N) is 1. The number of hydrogen-bond acceptors (Lipinski definition) is 5. The standard InChI is InChI=1S/C32H44N2O4/c1-27(2)11-13-32(34-26(37)38-8)14-12-31(7)24(20(32)17-27)21(35)15-23-29(5)16-19(18-33)25(36)28(3,4)22(29)9-10-30(23,31)6/h15-16,20,22,24H,9-14,17H2,1-8H3,(H,34,37)/t20-,22-,24-,29-,30+,31+,32-/m0/s1. The summed E-state index contributed by atoms with van der Waals surface area (Å²) in [4.78, 5) is 40.2. The first-order valence-electron chi connectivity index (χ1n) is 14.3. The maximum absolute atomic E-state index is 14.4. The average molecular weight is 521 g/mol. The van der Waals surface area contributed by atoms with E-state index in [0.717, 1.165) is 50.5 Å². The van der Waals surface area contributed by atoms with Gasteiger partial charge in [0.2, 0.25) is 0 Å². The van der Waals surface area contributed by atoms with Gasteiger partial charge in [0.1, 0.15) is 6.07 Å². The summed E-state index contributed by atoms with van der Waals surface area (Å²) >= 11 is 0. The van der Waals surface area contributed by atoms with Crippen molar-refractivity contribution in [2.45, 2.75) is 99.0 Å². The zero-order chi connectivity index (χ0) is 28.1. The number of allylic oxidation sites excluding steroid dienone is 4. The van der Waals surface area contributed by atoms with E-state index in [2.05, 4.69) is 46.0 Å². The summed E-state index contributed by atoms with van der Waals surface area (Å²) in [6.07, 6.45) is 9.52. The quantitative estimate of drug-likeness (QED) is 0.437. The molecule has 0 aliphatic heterocycles. The Morgan fingerprint density at radius 3 is 2.32 bits per heavy atom. The van der Waals surface area contributed by atoms with Crippen molar-refractivity contribution in [1.29, 1.82) is 5.26 Å². The lowest BCUT2D eigenvalue weighted by Gasteiger charge is -2.69. The van der Waals surface area contributed by atoms with E-state index in [-0.39, 0.29) is 51.1 Å².